The monoisotopic (exact) mass is 225 g/mol. The summed E-state index contributed by atoms with van der Waals surface area (Å²) < 4.78 is 0. The van der Waals surface area contributed by atoms with Crippen molar-refractivity contribution in [2.24, 2.45) is 5.92 Å². The summed E-state index contributed by atoms with van der Waals surface area (Å²) in [7, 11) is 0. The van der Waals surface area contributed by atoms with Crippen molar-refractivity contribution >= 4 is 24.0 Å². The van der Waals surface area contributed by atoms with Crippen LogP contribution in [0.2, 0.25) is 0 Å². The van der Waals surface area contributed by atoms with Crippen LogP contribution in [-0.2, 0) is 0 Å². The second-order valence-corrected chi connectivity index (χ2v) is 2.78. The van der Waals surface area contributed by atoms with Crippen LogP contribution < -0.4 is 5.32 Å². The van der Waals surface area contributed by atoms with Gasteiger partial charge in [0.25, 0.3) is 0 Å². The highest BCUT2D eigenvalue weighted by Crippen LogP contribution is 2.29. The van der Waals surface area contributed by atoms with Crippen LogP contribution in [0.5, 0.6) is 0 Å². The van der Waals surface area contributed by atoms with Crippen molar-refractivity contribution in [3.05, 3.63) is 0 Å². The quantitative estimate of drug-likeness (QED) is 0.614. The third-order valence-electron chi connectivity index (χ3n) is 2.24. The fourth-order valence-corrected chi connectivity index (χ4v) is 1.78. The predicted octanol–water partition coefficient (Wildman–Crippen LogP) is 1.38. The molecule has 1 aliphatic carbocycles. The zero-order valence-electron chi connectivity index (χ0n) is 4.89. The van der Waals surface area contributed by atoms with Crippen LogP contribution in [0.4, 0.5) is 0 Å². The third kappa shape index (κ3) is 1.00. The lowest BCUT2D eigenvalue weighted by molar-refractivity contribution is 0.504. The van der Waals surface area contributed by atoms with Gasteiger partial charge in [0.2, 0.25) is 0 Å². The lowest BCUT2D eigenvalue weighted by Crippen LogP contribution is -2.23. The molecular weight excluding hydrogens is 213 g/mol. The van der Waals surface area contributed by atoms with E-state index < -0.39 is 0 Å². The van der Waals surface area contributed by atoms with E-state index in [1.807, 2.05) is 0 Å². The van der Waals surface area contributed by atoms with Gasteiger partial charge in [-0.15, -0.1) is 24.0 Å². The molecule has 0 radical (unpaired) electrons. The van der Waals surface area contributed by atoms with E-state index >= 15 is 0 Å². The second kappa shape index (κ2) is 2.52. The number of piperidine rings is 1. The largest absolute Gasteiger partial charge is 0.314 e. The first-order valence-corrected chi connectivity index (χ1v) is 3.18. The average Bonchev–Trinajstić information content (AvgIpc) is 2.22. The minimum absolute atomic E-state index is 0. The number of hydrogen-bond donors (Lipinski definition) is 1. The summed E-state index contributed by atoms with van der Waals surface area (Å²) in [5.74, 6) is 1.06. The van der Waals surface area contributed by atoms with Crippen LogP contribution in [-0.4, -0.2) is 12.6 Å². The summed E-state index contributed by atoms with van der Waals surface area (Å²) in [5, 5.41) is 3.46. The highest BCUT2D eigenvalue weighted by Gasteiger charge is 2.30. The van der Waals surface area contributed by atoms with Crippen molar-refractivity contribution in [2.75, 3.05) is 6.54 Å². The topological polar surface area (TPSA) is 12.0 Å². The molecule has 2 heteroatoms. The fourth-order valence-electron chi connectivity index (χ4n) is 1.78. The molecule has 0 aromatic heterocycles. The van der Waals surface area contributed by atoms with Crippen molar-refractivity contribution < 1.29 is 0 Å². The number of hydrogen-bond acceptors (Lipinski definition) is 1. The highest BCUT2D eigenvalue weighted by atomic mass is 127. The van der Waals surface area contributed by atoms with Gasteiger partial charge in [-0.05, 0) is 31.7 Å². The highest BCUT2D eigenvalue weighted by molar-refractivity contribution is 14.0. The van der Waals surface area contributed by atoms with Crippen molar-refractivity contribution in [3.63, 3.8) is 0 Å². The summed E-state index contributed by atoms with van der Waals surface area (Å²) in [4.78, 5) is 0. The van der Waals surface area contributed by atoms with Crippen LogP contribution in [0.1, 0.15) is 19.3 Å². The summed E-state index contributed by atoms with van der Waals surface area (Å²) in [5.41, 5.74) is 0. The first-order valence-electron chi connectivity index (χ1n) is 3.18. The first kappa shape index (κ1) is 6.81. The van der Waals surface area contributed by atoms with E-state index in [1.54, 1.807) is 0 Å². The molecule has 0 aromatic carbocycles. The maximum atomic E-state index is 3.46. The number of rotatable bonds is 0. The van der Waals surface area contributed by atoms with E-state index in [2.05, 4.69) is 5.32 Å². The Hall–Kier alpha value is 0.690. The first-order chi connectivity index (χ1) is 3.45. The van der Waals surface area contributed by atoms with E-state index in [0.29, 0.717) is 0 Å². The Kier molecular flexibility index (Phi) is 2.14. The Morgan fingerprint density at radius 2 is 2.12 bits per heavy atom. The summed E-state index contributed by atoms with van der Waals surface area (Å²) in [6.07, 6.45) is 4.42. The lowest BCUT2D eigenvalue weighted by Gasteiger charge is -2.08. The smallest absolute Gasteiger partial charge is 0.00704 e. The van der Waals surface area contributed by atoms with Gasteiger partial charge < -0.3 is 5.32 Å². The number of fused-ring (bicyclic) bond motifs is 2. The van der Waals surface area contributed by atoms with Crippen molar-refractivity contribution in [3.8, 4) is 0 Å². The predicted molar refractivity (Wildman–Crippen MR) is 44.5 cm³/mol. The summed E-state index contributed by atoms with van der Waals surface area (Å²) >= 11 is 0. The Morgan fingerprint density at radius 3 is 2.25 bits per heavy atom. The Bertz CT molecular complexity index is 66.6. The van der Waals surface area contributed by atoms with Crippen LogP contribution in [0, 0.1) is 5.92 Å². The Morgan fingerprint density at radius 1 is 1.25 bits per heavy atom. The van der Waals surface area contributed by atoms with Crippen molar-refractivity contribution in [1.82, 2.24) is 5.32 Å². The normalized spacial score (nSPS) is 42.0. The third-order valence-corrected chi connectivity index (χ3v) is 2.24. The van der Waals surface area contributed by atoms with E-state index in [9.17, 15) is 0 Å². The standard InChI is InChI=1S/C6H11N.HI/c1-2-6-3-5(1)4-7-6;/h5-7H,1-4H2;1H. The SMILES string of the molecule is C1CC2CC1CN2.I. The molecule has 2 unspecified atom stereocenters. The van der Waals surface area contributed by atoms with Crippen LogP contribution >= 0.6 is 24.0 Å². The second-order valence-electron chi connectivity index (χ2n) is 2.78. The maximum absolute atomic E-state index is 3.46. The number of nitrogens with one attached hydrogen (secondary N) is 1. The van der Waals surface area contributed by atoms with Crippen LogP contribution in [0.25, 0.3) is 0 Å². The molecule has 1 saturated carbocycles. The Labute approximate surface area is 67.2 Å². The zero-order valence-corrected chi connectivity index (χ0v) is 7.22. The molecule has 8 heavy (non-hydrogen) atoms. The molecule has 1 aliphatic heterocycles. The van der Waals surface area contributed by atoms with Gasteiger partial charge in [-0.25, -0.2) is 0 Å². The molecule has 2 atom stereocenters. The van der Waals surface area contributed by atoms with E-state index in [4.69, 9.17) is 0 Å². The molecule has 1 N–H and O–H groups in total. The van der Waals surface area contributed by atoms with Gasteiger partial charge in [0.15, 0.2) is 0 Å². The van der Waals surface area contributed by atoms with Gasteiger partial charge in [-0.3, -0.25) is 0 Å². The van der Waals surface area contributed by atoms with E-state index in [1.165, 1.54) is 25.8 Å². The van der Waals surface area contributed by atoms with Gasteiger partial charge >= 0.3 is 0 Å². The van der Waals surface area contributed by atoms with Crippen molar-refractivity contribution in [2.45, 2.75) is 25.3 Å². The minimum Gasteiger partial charge on any atom is -0.314 e. The molecular formula is C6H12IN. The van der Waals surface area contributed by atoms with Crippen LogP contribution in [0.15, 0.2) is 0 Å². The van der Waals surface area contributed by atoms with Gasteiger partial charge in [0.05, 0.1) is 0 Å². The summed E-state index contributed by atoms with van der Waals surface area (Å²) in [6.45, 7) is 1.31. The Balaban J connectivity index is 0.000000320. The minimum atomic E-state index is 0. The molecule has 2 aliphatic rings. The van der Waals surface area contributed by atoms with Gasteiger partial charge in [-0.2, -0.15) is 0 Å². The molecule has 2 rings (SSSR count). The molecule has 48 valence electrons. The molecule has 2 fully saturated rings. The maximum Gasteiger partial charge on any atom is 0.00704 e. The van der Waals surface area contributed by atoms with Gasteiger partial charge in [0, 0.05) is 6.04 Å². The molecule has 0 aromatic rings. The molecule has 1 heterocycles. The van der Waals surface area contributed by atoms with E-state index in [-0.39, 0.29) is 24.0 Å². The number of halogens is 1. The summed E-state index contributed by atoms with van der Waals surface area (Å²) in [6, 6.07) is 0.921. The van der Waals surface area contributed by atoms with E-state index in [0.717, 1.165) is 12.0 Å². The molecule has 1 saturated heterocycles. The fraction of sp³-hybridized carbons (Fsp3) is 1.00. The lowest BCUT2D eigenvalue weighted by atomic mass is 10.1. The van der Waals surface area contributed by atoms with Gasteiger partial charge in [0.1, 0.15) is 0 Å². The average molecular weight is 225 g/mol. The van der Waals surface area contributed by atoms with Gasteiger partial charge in [-0.1, -0.05) is 0 Å². The molecule has 2 bridgehead atoms. The zero-order chi connectivity index (χ0) is 4.69. The van der Waals surface area contributed by atoms with Crippen LogP contribution in [0.3, 0.4) is 0 Å². The molecule has 1 nitrogen and oxygen atoms in total. The molecule has 0 spiro atoms. The molecule has 0 amide bonds. The van der Waals surface area contributed by atoms with Crippen molar-refractivity contribution in [1.29, 1.82) is 0 Å².